The summed E-state index contributed by atoms with van der Waals surface area (Å²) < 4.78 is 24.4. The summed E-state index contributed by atoms with van der Waals surface area (Å²) >= 11 is 1.24. The molecule has 3 aromatic carbocycles. The fourth-order valence-corrected chi connectivity index (χ4v) is 5.79. The second-order valence-corrected chi connectivity index (χ2v) is 10.2. The van der Waals surface area contributed by atoms with Gasteiger partial charge in [-0.15, -0.1) is 0 Å². The molecule has 1 aromatic heterocycles. The lowest BCUT2D eigenvalue weighted by molar-refractivity contribution is -0.138. The van der Waals surface area contributed by atoms with Crippen molar-refractivity contribution in [2.45, 2.75) is 13.0 Å². The molecule has 0 bridgehead atoms. The Hall–Kier alpha value is -4.89. The summed E-state index contributed by atoms with van der Waals surface area (Å²) in [6.07, 6.45) is 3.44. The van der Waals surface area contributed by atoms with Crippen LogP contribution in [0.4, 0.5) is 0 Å². The predicted molar refractivity (Wildman–Crippen MR) is 163 cm³/mol. The summed E-state index contributed by atoms with van der Waals surface area (Å²) in [6, 6.07) is 21.4. The lowest BCUT2D eigenvalue weighted by Crippen LogP contribution is -2.40. The number of thiazole rings is 1. The second-order valence-electron chi connectivity index (χ2n) is 9.18. The van der Waals surface area contributed by atoms with Gasteiger partial charge in [-0.25, -0.2) is 9.79 Å². The van der Waals surface area contributed by atoms with Crippen LogP contribution in [0, 0.1) is 0 Å². The number of hydrogen-bond donors (Lipinski definition) is 0. The summed E-state index contributed by atoms with van der Waals surface area (Å²) in [5.74, 6) is 1.05. The van der Waals surface area contributed by atoms with E-state index in [9.17, 15) is 9.59 Å². The number of rotatable bonds is 10. The Bertz CT molecular complexity index is 1840. The van der Waals surface area contributed by atoms with Gasteiger partial charge in [0.15, 0.2) is 16.3 Å². The van der Waals surface area contributed by atoms with Crippen molar-refractivity contribution in [3.8, 4) is 17.2 Å². The fourth-order valence-electron chi connectivity index (χ4n) is 4.80. The molecule has 1 aliphatic heterocycles. The van der Waals surface area contributed by atoms with Crippen molar-refractivity contribution in [1.82, 2.24) is 4.57 Å². The Balaban J connectivity index is 1.82. The van der Waals surface area contributed by atoms with Gasteiger partial charge in [0.1, 0.15) is 12.4 Å². The third-order valence-electron chi connectivity index (χ3n) is 6.66. The van der Waals surface area contributed by atoms with Crippen molar-refractivity contribution in [1.29, 1.82) is 0 Å². The van der Waals surface area contributed by atoms with Crippen LogP contribution in [-0.4, -0.2) is 38.0 Å². The number of esters is 1. The number of nitrogens with zero attached hydrogens (tertiary/aromatic N) is 2. The van der Waals surface area contributed by atoms with Crippen LogP contribution in [0.2, 0.25) is 0 Å². The van der Waals surface area contributed by atoms with E-state index in [1.54, 1.807) is 42.9 Å². The topological polar surface area (TPSA) is 88.3 Å². The number of benzene rings is 3. The number of hydrogen-bond acceptors (Lipinski definition) is 8. The van der Waals surface area contributed by atoms with Gasteiger partial charge in [-0.2, -0.15) is 0 Å². The molecule has 0 radical (unpaired) electrons. The molecule has 0 unspecified atom stereocenters. The van der Waals surface area contributed by atoms with Crippen molar-refractivity contribution in [3.05, 3.63) is 127 Å². The van der Waals surface area contributed by atoms with Crippen LogP contribution in [0.15, 0.2) is 101 Å². The highest BCUT2D eigenvalue weighted by Crippen LogP contribution is 2.38. The molecule has 8 nitrogen and oxygen atoms in total. The molecule has 0 saturated carbocycles. The highest BCUT2D eigenvalue weighted by Gasteiger charge is 2.35. The van der Waals surface area contributed by atoms with Gasteiger partial charge >= 0.3 is 5.97 Å². The average molecular weight is 583 g/mol. The molecule has 2 heterocycles. The third kappa shape index (κ3) is 5.51. The molecule has 9 heteroatoms. The normalized spacial score (nSPS) is 14.5. The summed E-state index contributed by atoms with van der Waals surface area (Å²) in [5.41, 5.74) is 2.50. The summed E-state index contributed by atoms with van der Waals surface area (Å²) in [6.45, 7) is 5.95. The maximum Gasteiger partial charge on any atom is 0.338 e. The van der Waals surface area contributed by atoms with Gasteiger partial charge in [0.2, 0.25) is 0 Å². The highest BCUT2D eigenvalue weighted by atomic mass is 32.1. The van der Waals surface area contributed by atoms with Gasteiger partial charge in [0.05, 0.1) is 42.7 Å². The van der Waals surface area contributed by atoms with Gasteiger partial charge in [0.25, 0.3) is 5.56 Å². The minimum atomic E-state index is -0.843. The summed E-state index contributed by atoms with van der Waals surface area (Å²) in [4.78, 5) is 33.2. The number of ether oxygens (including phenoxy) is 4. The Kier molecular flexibility index (Phi) is 8.68. The number of aromatic nitrogens is 1. The molecule has 1 aliphatic rings. The first-order valence-corrected chi connectivity index (χ1v) is 14.2. The molecule has 0 saturated heterocycles. The van der Waals surface area contributed by atoms with Crippen LogP contribution in [0.5, 0.6) is 17.2 Å². The Morgan fingerprint density at radius 3 is 2.45 bits per heavy atom. The highest BCUT2D eigenvalue weighted by molar-refractivity contribution is 7.07. The van der Waals surface area contributed by atoms with Crippen LogP contribution in [0.25, 0.3) is 11.8 Å². The van der Waals surface area contributed by atoms with E-state index in [4.69, 9.17) is 23.9 Å². The molecule has 0 amide bonds. The van der Waals surface area contributed by atoms with Gasteiger partial charge in [-0.3, -0.25) is 9.36 Å². The van der Waals surface area contributed by atoms with Crippen molar-refractivity contribution in [3.63, 3.8) is 0 Å². The van der Waals surface area contributed by atoms with E-state index in [0.29, 0.717) is 44.4 Å². The Morgan fingerprint density at radius 1 is 1.00 bits per heavy atom. The van der Waals surface area contributed by atoms with E-state index in [-0.39, 0.29) is 17.7 Å². The number of fused-ring (bicyclic) bond motifs is 1. The second kappa shape index (κ2) is 12.7. The van der Waals surface area contributed by atoms with Crippen molar-refractivity contribution < 1.29 is 23.7 Å². The van der Waals surface area contributed by atoms with E-state index in [0.717, 1.165) is 11.1 Å². The summed E-state index contributed by atoms with van der Waals surface area (Å²) in [5, 5.41) is 0. The van der Waals surface area contributed by atoms with Gasteiger partial charge in [-0.1, -0.05) is 78.6 Å². The fraction of sp³-hybridized carbons (Fsp3) is 0.182. The van der Waals surface area contributed by atoms with Gasteiger partial charge in [-0.05, 0) is 36.8 Å². The van der Waals surface area contributed by atoms with Crippen molar-refractivity contribution in [2.24, 2.45) is 4.99 Å². The quantitative estimate of drug-likeness (QED) is 0.202. The van der Waals surface area contributed by atoms with Gasteiger partial charge in [0, 0.05) is 11.1 Å². The molecule has 0 fully saturated rings. The number of methoxy groups -OCH3 is 2. The molecule has 42 heavy (non-hydrogen) atoms. The Labute approximate surface area is 247 Å². The number of carbonyl (C=O) groups excluding carboxylic acids is 1. The molecule has 214 valence electrons. The van der Waals surface area contributed by atoms with Crippen LogP contribution in [0.3, 0.4) is 0 Å². The maximum atomic E-state index is 14.2. The molecule has 0 aliphatic carbocycles. The molecule has 5 rings (SSSR count). The zero-order valence-corrected chi connectivity index (χ0v) is 24.4. The smallest absolute Gasteiger partial charge is 0.338 e. The van der Waals surface area contributed by atoms with Crippen LogP contribution >= 0.6 is 11.3 Å². The van der Waals surface area contributed by atoms with E-state index < -0.39 is 12.0 Å². The molecular formula is C33H30N2O6S. The van der Waals surface area contributed by atoms with E-state index in [2.05, 4.69) is 6.58 Å². The minimum Gasteiger partial charge on any atom is -0.493 e. The lowest BCUT2D eigenvalue weighted by Gasteiger charge is -2.26. The van der Waals surface area contributed by atoms with E-state index >= 15 is 0 Å². The average Bonchev–Trinajstić information content (AvgIpc) is 3.34. The molecular weight excluding hydrogens is 552 g/mol. The first-order chi connectivity index (χ1) is 20.5. The predicted octanol–water partition coefficient (Wildman–Crippen LogP) is 4.52. The molecule has 4 aromatic rings. The van der Waals surface area contributed by atoms with Crippen LogP contribution in [0.1, 0.15) is 29.7 Å². The summed E-state index contributed by atoms with van der Waals surface area (Å²) in [7, 11) is 3.09. The van der Waals surface area contributed by atoms with Crippen LogP contribution in [-0.2, 0) is 9.53 Å². The first-order valence-electron chi connectivity index (χ1n) is 13.3. The maximum absolute atomic E-state index is 14.2. The van der Waals surface area contributed by atoms with Crippen LogP contribution < -0.4 is 29.1 Å². The van der Waals surface area contributed by atoms with E-state index in [1.165, 1.54) is 18.4 Å². The van der Waals surface area contributed by atoms with E-state index in [1.807, 2.05) is 60.7 Å². The third-order valence-corrected chi connectivity index (χ3v) is 7.64. The van der Waals surface area contributed by atoms with Crippen molar-refractivity contribution >= 4 is 29.1 Å². The molecule has 0 N–H and O–H groups in total. The molecule has 1 atom stereocenters. The standard InChI is InChI=1S/C33H30N2O6S/c1-5-18-41-24-15-11-10-14-22(24)20-27-31(36)35-30(23-16-17-25(38-3)26(19-23)39-4)28(32(37)40-6-2)29(34-33(35)42-27)21-12-8-7-9-13-21/h5,7-17,19-20,30H,1,6,18H2,2-4H3/b27-20+/t30-/m1/s1. The largest absolute Gasteiger partial charge is 0.493 e. The molecule has 0 spiro atoms. The Morgan fingerprint density at radius 2 is 1.74 bits per heavy atom. The SMILES string of the molecule is C=CCOc1ccccc1/C=c1/sc2n(c1=O)[C@H](c1ccc(OC)c(OC)c1)C(C(=O)OCC)=C(c1ccccc1)N=2. The number of carbonyl (C=O) groups is 1. The van der Waals surface area contributed by atoms with Crippen molar-refractivity contribution in [2.75, 3.05) is 27.4 Å². The number of para-hydroxylation sites is 1. The zero-order chi connectivity index (χ0) is 29.6. The monoisotopic (exact) mass is 582 g/mol. The lowest BCUT2D eigenvalue weighted by atomic mass is 9.93. The minimum absolute atomic E-state index is 0.162. The zero-order valence-electron chi connectivity index (χ0n) is 23.5. The first kappa shape index (κ1) is 28.6. The van der Waals surface area contributed by atoms with Gasteiger partial charge < -0.3 is 18.9 Å².